The summed E-state index contributed by atoms with van der Waals surface area (Å²) < 4.78 is 0. The molecule has 0 spiro atoms. The molecule has 0 unspecified atom stereocenters. The first-order chi connectivity index (χ1) is 9.10. The van der Waals surface area contributed by atoms with Gasteiger partial charge in [0.1, 0.15) is 5.01 Å². The third kappa shape index (κ3) is 3.42. The molecule has 2 rings (SSSR count). The number of halogens is 1. The van der Waals surface area contributed by atoms with Crippen molar-refractivity contribution in [3.05, 3.63) is 49.4 Å². The van der Waals surface area contributed by atoms with Gasteiger partial charge < -0.3 is 5.32 Å². The number of hydrogen-bond donors (Lipinski definition) is 1. The van der Waals surface area contributed by atoms with Crippen molar-refractivity contribution in [2.75, 3.05) is 5.32 Å². The minimum atomic E-state index is -0.468. The van der Waals surface area contributed by atoms with Crippen LogP contribution in [0.5, 0.6) is 0 Å². The summed E-state index contributed by atoms with van der Waals surface area (Å²) in [5.41, 5.74) is 0.651. The quantitative estimate of drug-likeness (QED) is 0.672. The first kappa shape index (κ1) is 13.8. The van der Waals surface area contributed by atoms with Crippen LogP contribution in [-0.2, 0) is 13.0 Å². The number of nitrogens with one attached hydrogen (secondary N) is 1. The van der Waals surface area contributed by atoms with Crippen LogP contribution in [-0.4, -0.2) is 9.91 Å². The van der Waals surface area contributed by atoms with Gasteiger partial charge in [0.05, 0.1) is 22.2 Å². The van der Waals surface area contributed by atoms with Crippen LogP contribution >= 0.6 is 22.9 Å². The highest BCUT2D eigenvalue weighted by atomic mass is 35.5. The zero-order valence-corrected chi connectivity index (χ0v) is 11.8. The molecule has 0 aliphatic rings. The normalized spacial score (nSPS) is 10.4. The lowest BCUT2D eigenvalue weighted by Crippen LogP contribution is -1.99. The third-order valence-corrected chi connectivity index (χ3v) is 4.00. The highest BCUT2D eigenvalue weighted by Gasteiger charge is 2.09. The number of rotatable bonds is 5. The molecule has 0 saturated heterocycles. The van der Waals surface area contributed by atoms with Crippen molar-refractivity contribution in [1.29, 1.82) is 0 Å². The maximum atomic E-state index is 10.6. The first-order valence-electron chi connectivity index (χ1n) is 5.71. The van der Waals surface area contributed by atoms with Crippen molar-refractivity contribution in [2.24, 2.45) is 0 Å². The molecule has 1 aromatic carbocycles. The van der Waals surface area contributed by atoms with Gasteiger partial charge in [-0.15, -0.1) is 11.3 Å². The van der Waals surface area contributed by atoms with Gasteiger partial charge in [-0.3, -0.25) is 10.1 Å². The lowest BCUT2D eigenvalue weighted by Gasteiger charge is -2.06. The molecule has 0 bridgehead atoms. The second kappa shape index (κ2) is 5.99. The largest absolute Gasteiger partial charge is 0.377 e. The summed E-state index contributed by atoms with van der Waals surface area (Å²) in [7, 11) is 0. The van der Waals surface area contributed by atoms with Crippen molar-refractivity contribution < 1.29 is 4.92 Å². The molecule has 1 N–H and O–H groups in total. The lowest BCUT2D eigenvalue weighted by atomic mass is 10.3. The Bertz CT molecular complexity index is 600. The van der Waals surface area contributed by atoms with Crippen molar-refractivity contribution >= 4 is 34.3 Å². The van der Waals surface area contributed by atoms with E-state index in [4.69, 9.17) is 11.6 Å². The standard InChI is InChI=1S/C12H12ClN3O2S/c1-2-9-6-15-12(19-9)7-14-11-4-3-8(16(17)18)5-10(11)13/h3-6,14H,2,7H2,1H3. The van der Waals surface area contributed by atoms with E-state index in [1.165, 1.54) is 17.0 Å². The molecular weight excluding hydrogens is 286 g/mol. The predicted octanol–water partition coefficient (Wildman–Crippen LogP) is 3.88. The Kier molecular flexibility index (Phi) is 4.34. The molecular formula is C12H12ClN3O2S. The van der Waals surface area contributed by atoms with E-state index in [2.05, 4.69) is 17.2 Å². The molecule has 100 valence electrons. The van der Waals surface area contributed by atoms with Gasteiger partial charge in [0, 0.05) is 23.2 Å². The number of nitrogens with zero attached hydrogens (tertiary/aromatic N) is 2. The fourth-order valence-corrected chi connectivity index (χ4v) is 2.57. The van der Waals surface area contributed by atoms with Crippen LogP contribution in [0.25, 0.3) is 0 Å². The molecule has 0 radical (unpaired) electrons. The number of anilines is 1. The molecule has 19 heavy (non-hydrogen) atoms. The van der Waals surface area contributed by atoms with E-state index in [-0.39, 0.29) is 5.69 Å². The zero-order valence-electron chi connectivity index (χ0n) is 10.2. The third-order valence-electron chi connectivity index (χ3n) is 2.54. The van der Waals surface area contributed by atoms with E-state index in [1.54, 1.807) is 17.4 Å². The van der Waals surface area contributed by atoms with Crippen molar-refractivity contribution in [3.8, 4) is 0 Å². The molecule has 0 atom stereocenters. The molecule has 1 aromatic heterocycles. The Labute approximate surface area is 119 Å². The highest BCUT2D eigenvalue weighted by Crippen LogP contribution is 2.27. The minimum Gasteiger partial charge on any atom is -0.377 e. The Morgan fingerprint density at radius 2 is 2.32 bits per heavy atom. The fraction of sp³-hybridized carbons (Fsp3) is 0.250. The van der Waals surface area contributed by atoms with E-state index >= 15 is 0 Å². The van der Waals surface area contributed by atoms with Gasteiger partial charge >= 0.3 is 0 Å². The lowest BCUT2D eigenvalue weighted by molar-refractivity contribution is -0.384. The summed E-state index contributed by atoms with van der Waals surface area (Å²) in [6, 6.07) is 4.37. The van der Waals surface area contributed by atoms with Crippen molar-refractivity contribution in [3.63, 3.8) is 0 Å². The van der Waals surface area contributed by atoms with E-state index in [0.29, 0.717) is 17.3 Å². The van der Waals surface area contributed by atoms with Gasteiger partial charge in [-0.25, -0.2) is 4.98 Å². The van der Waals surface area contributed by atoms with Crippen LogP contribution < -0.4 is 5.32 Å². The molecule has 7 heteroatoms. The highest BCUT2D eigenvalue weighted by molar-refractivity contribution is 7.11. The summed E-state index contributed by atoms with van der Waals surface area (Å²) >= 11 is 7.63. The van der Waals surface area contributed by atoms with Crippen LogP contribution in [0.1, 0.15) is 16.8 Å². The summed E-state index contributed by atoms with van der Waals surface area (Å²) in [4.78, 5) is 15.6. The monoisotopic (exact) mass is 297 g/mol. The summed E-state index contributed by atoms with van der Waals surface area (Å²) in [6.45, 7) is 2.64. The van der Waals surface area contributed by atoms with E-state index in [9.17, 15) is 10.1 Å². The van der Waals surface area contributed by atoms with E-state index in [1.807, 2.05) is 6.20 Å². The topological polar surface area (TPSA) is 68.1 Å². The predicted molar refractivity (Wildman–Crippen MR) is 76.9 cm³/mol. The maximum Gasteiger partial charge on any atom is 0.271 e. The Morgan fingerprint density at radius 1 is 1.53 bits per heavy atom. The van der Waals surface area contributed by atoms with Crippen LogP contribution in [0.2, 0.25) is 5.02 Å². The number of hydrogen-bond acceptors (Lipinski definition) is 5. The molecule has 5 nitrogen and oxygen atoms in total. The molecule has 0 aliphatic carbocycles. The van der Waals surface area contributed by atoms with Gasteiger partial charge in [-0.05, 0) is 12.5 Å². The summed E-state index contributed by atoms with van der Waals surface area (Å²) in [5, 5.41) is 15.0. The average Bonchev–Trinajstić information content (AvgIpc) is 2.85. The van der Waals surface area contributed by atoms with E-state index in [0.717, 1.165) is 11.4 Å². The average molecular weight is 298 g/mol. The minimum absolute atomic E-state index is 0.0157. The molecule has 1 heterocycles. The van der Waals surface area contributed by atoms with Gasteiger partial charge in [0.15, 0.2) is 0 Å². The summed E-state index contributed by atoms with van der Waals surface area (Å²) in [5.74, 6) is 0. The Balaban J connectivity index is 2.05. The number of non-ortho nitro benzene ring substituents is 1. The number of nitro groups is 1. The van der Waals surface area contributed by atoms with Gasteiger partial charge in [0.2, 0.25) is 0 Å². The van der Waals surface area contributed by atoms with Gasteiger partial charge in [0.25, 0.3) is 5.69 Å². The van der Waals surface area contributed by atoms with Crippen molar-refractivity contribution in [2.45, 2.75) is 19.9 Å². The van der Waals surface area contributed by atoms with E-state index < -0.39 is 4.92 Å². The van der Waals surface area contributed by atoms with Crippen LogP contribution in [0.4, 0.5) is 11.4 Å². The van der Waals surface area contributed by atoms with Gasteiger partial charge in [-0.1, -0.05) is 18.5 Å². The molecule has 0 amide bonds. The van der Waals surface area contributed by atoms with Crippen LogP contribution in [0.15, 0.2) is 24.4 Å². The number of thiazole rings is 1. The SMILES string of the molecule is CCc1cnc(CNc2ccc([N+](=O)[O-])cc2Cl)s1. The maximum absolute atomic E-state index is 10.6. The Hall–Kier alpha value is -1.66. The second-order valence-corrected chi connectivity index (χ2v) is 5.46. The molecule has 0 aliphatic heterocycles. The van der Waals surface area contributed by atoms with Gasteiger partial charge in [-0.2, -0.15) is 0 Å². The Morgan fingerprint density at radius 3 is 2.89 bits per heavy atom. The molecule has 0 saturated carbocycles. The first-order valence-corrected chi connectivity index (χ1v) is 6.91. The molecule has 0 fully saturated rings. The number of aryl methyl sites for hydroxylation is 1. The smallest absolute Gasteiger partial charge is 0.271 e. The summed E-state index contributed by atoms with van der Waals surface area (Å²) in [6.07, 6.45) is 2.83. The van der Waals surface area contributed by atoms with Crippen molar-refractivity contribution in [1.82, 2.24) is 4.98 Å². The van der Waals surface area contributed by atoms with Crippen LogP contribution in [0, 0.1) is 10.1 Å². The zero-order chi connectivity index (χ0) is 13.8. The number of nitro benzene ring substituents is 1. The second-order valence-electron chi connectivity index (χ2n) is 3.85. The fourth-order valence-electron chi connectivity index (χ4n) is 1.52. The molecule has 2 aromatic rings. The number of benzene rings is 1. The van der Waals surface area contributed by atoms with Crippen LogP contribution in [0.3, 0.4) is 0 Å². The number of aromatic nitrogens is 1.